The highest BCUT2D eigenvalue weighted by Gasteiger charge is 2.33. The summed E-state index contributed by atoms with van der Waals surface area (Å²) in [6, 6.07) is 0.248. The second-order valence-corrected chi connectivity index (χ2v) is 5.38. The molecular formula is C14H25N3O2. The molecule has 0 aliphatic carbocycles. The highest BCUT2D eigenvalue weighted by Crippen LogP contribution is 2.17. The third-order valence-corrected chi connectivity index (χ3v) is 3.15. The molecule has 19 heavy (non-hydrogen) atoms. The number of aromatic nitrogens is 2. The van der Waals surface area contributed by atoms with Crippen molar-refractivity contribution in [1.29, 1.82) is 0 Å². The first-order chi connectivity index (χ1) is 8.98. The van der Waals surface area contributed by atoms with Gasteiger partial charge in [0.05, 0.1) is 13.4 Å². The van der Waals surface area contributed by atoms with Crippen LogP contribution < -0.4 is 5.32 Å². The molecule has 0 spiro atoms. The molecule has 5 heteroatoms. The van der Waals surface area contributed by atoms with Crippen LogP contribution in [0.25, 0.3) is 0 Å². The topological polar surface area (TPSA) is 56.2 Å². The van der Waals surface area contributed by atoms with Gasteiger partial charge in [-0.3, -0.25) is 10.1 Å². The molecule has 0 aliphatic rings. The number of nitrogens with one attached hydrogen (secondary N) is 1. The maximum atomic E-state index is 11.9. The molecule has 1 aromatic heterocycles. The molecule has 0 aliphatic heterocycles. The third-order valence-electron chi connectivity index (χ3n) is 3.15. The van der Waals surface area contributed by atoms with E-state index in [0.29, 0.717) is 0 Å². The number of unbranched alkanes of at least 4 members (excludes halogenated alkanes) is 1. The number of imidazole rings is 1. The van der Waals surface area contributed by atoms with E-state index < -0.39 is 5.54 Å². The van der Waals surface area contributed by atoms with Gasteiger partial charge in [-0.05, 0) is 40.0 Å². The Hall–Kier alpha value is -1.36. The zero-order chi connectivity index (χ0) is 14.3. The van der Waals surface area contributed by atoms with Gasteiger partial charge >= 0.3 is 5.97 Å². The van der Waals surface area contributed by atoms with Crippen LogP contribution in [0.1, 0.15) is 40.0 Å². The fourth-order valence-electron chi connectivity index (χ4n) is 2.29. The highest BCUT2D eigenvalue weighted by atomic mass is 16.5. The Kier molecular flexibility index (Phi) is 6.02. The second-order valence-electron chi connectivity index (χ2n) is 5.38. The first-order valence-electron chi connectivity index (χ1n) is 6.80. The molecular weight excluding hydrogens is 242 g/mol. The van der Waals surface area contributed by atoms with Gasteiger partial charge in [0.15, 0.2) is 0 Å². The van der Waals surface area contributed by atoms with Crippen LogP contribution in [0.5, 0.6) is 0 Å². The first kappa shape index (κ1) is 15.7. The molecule has 1 aromatic rings. The van der Waals surface area contributed by atoms with E-state index >= 15 is 0 Å². The molecule has 5 nitrogen and oxygen atoms in total. The van der Waals surface area contributed by atoms with E-state index in [9.17, 15) is 4.79 Å². The number of aryl methyl sites for hydroxylation is 1. The predicted octanol–water partition coefficient (Wildman–Crippen LogP) is 1.98. The Bertz CT molecular complexity index is 376. The van der Waals surface area contributed by atoms with Crippen LogP contribution in [0, 0.1) is 0 Å². The van der Waals surface area contributed by atoms with Gasteiger partial charge in [-0.25, -0.2) is 4.98 Å². The largest absolute Gasteiger partial charge is 0.468 e. The number of esters is 1. The Morgan fingerprint density at radius 3 is 2.74 bits per heavy atom. The Morgan fingerprint density at radius 1 is 1.47 bits per heavy atom. The first-order valence-corrected chi connectivity index (χ1v) is 6.80. The van der Waals surface area contributed by atoms with Crippen molar-refractivity contribution in [2.45, 2.75) is 58.2 Å². The molecule has 0 aromatic carbocycles. The second kappa shape index (κ2) is 7.28. The van der Waals surface area contributed by atoms with Gasteiger partial charge in [-0.2, -0.15) is 0 Å². The minimum absolute atomic E-state index is 0.191. The number of ether oxygens (including phenoxy) is 1. The number of methoxy groups -OCH3 is 1. The van der Waals surface area contributed by atoms with E-state index in [1.165, 1.54) is 7.11 Å². The van der Waals surface area contributed by atoms with Gasteiger partial charge < -0.3 is 9.30 Å². The quantitative estimate of drug-likeness (QED) is 0.578. The van der Waals surface area contributed by atoms with Crippen molar-refractivity contribution >= 4 is 5.97 Å². The van der Waals surface area contributed by atoms with Gasteiger partial charge in [-0.1, -0.05) is 0 Å². The summed E-state index contributed by atoms with van der Waals surface area (Å²) in [4.78, 5) is 15.9. The SMILES string of the molecule is COC(=O)C(C)(CCCCn1ccnc1)NC(C)C. The van der Waals surface area contributed by atoms with E-state index in [-0.39, 0.29) is 12.0 Å². The van der Waals surface area contributed by atoms with E-state index in [1.54, 1.807) is 6.20 Å². The van der Waals surface area contributed by atoms with Gasteiger partial charge in [0.1, 0.15) is 5.54 Å². The number of nitrogens with zero attached hydrogens (tertiary/aromatic N) is 2. The summed E-state index contributed by atoms with van der Waals surface area (Å²) < 4.78 is 6.95. The van der Waals surface area contributed by atoms with Crippen LogP contribution in [0.3, 0.4) is 0 Å². The van der Waals surface area contributed by atoms with Gasteiger partial charge in [0.25, 0.3) is 0 Å². The Morgan fingerprint density at radius 2 is 2.21 bits per heavy atom. The van der Waals surface area contributed by atoms with E-state index in [2.05, 4.69) is 10.3 Å². The maximum absolute atomic E-state index is 11.9. The molecule has 1 atom stereocenters. The lowest BCUT2D eigenvalue weighted by atomic mass is 9.94. The van der Waals surface area contributed by atoms with Crippen molar-refractivity contribution in [2.24, 2.45) is 0 Å². The molecule has 1 unspecified atom stereocenters. The lowest BCUT2D eigenvalue weighted by Gasteiger charge is -2.30. The molecule has 0 bridgehead atoms. The number of carbonyl (C=O) groups is 1. The number of hydrogen-bond acceptors (Lipinski definition) is 4. The summed E-state index contributed by atoms with van der Waals surface area (Å²) in [7, 11) is 1.44. The van der Waals surface area contributed by atoms with Gasteiger partial charge in [0.2, 0.25) is 0 Å². The third kappa shape index (κ3) is 5.03. The lowest BCUT2D eigenvalue weighted by molar-refractivity contribution is -0.148. The minimum Gasteiger partial charge on any atom is -0.468 e. The zero-order valence-corrected chi connectivity index (χ0v) is 12.3. The lowest BCUT2D eigenvalue weighted by Crippen LogP contribution is -2.52. The summed E-state index contributed by atoms with van der Waals surface area (Å²) in [5.74, 6) is -0.191. The normalized spacial score (nSPS) is 14.4. The van der Waals surface area contributed by atoms with Crippen LogP contribution in [-0.4, -0.2) is 34.2 Å². The minimum atomic E-state index is -0.599. The maximum Gasteiger partial charge on any atom is 0.325 e. The number of rotatable bonds is 8. The Balaban J connectivity index is 2.42. The van der Waals surface area contributed by atoms with E-state index in [1.807, 2.05) is 37.9 Å². The number of hydrogen-bond donors (Lipinski definition) is 1. The summed E-state index contributed by atoms with van der Waals surface area (Å²) in [6.07, 6.45) is 8.29. The molecule has 0 saturated heterocycles. The average molecular weight is 267 g/mol. The molecule has 0 amide bonds. The van der Waals surface area contributed by atoms with Crippen LogP contribution in [0.4, 0.5) is 0 Å². The van der Waals surface area contributed by atoms with Crippen LogP contribution in [-0.2, 0) is 16.1 Å². The average Bonchev–Trinajstić information content (AvgIpc) is 2.85. The smallest absolute Gasteiger partial charge is 0.325 e. The fourth-order valence-corrected chi connectivity index (χ4v) is 2.29. The molecule has 1 heterocycles. The van der Waals surface area contributed by atoms with Crippen LogP contribution in [0.2, 0.25) is 0 Å². The molecule has 0 saturated carbocycles. The van der Waals surface area contributed by atoms with Crippen molar-refractivity contribution in [2.75, 3.05) is 7.11 Å². The highest BCUT2D eigenvalue weighted by molar-refractivity contribution is 5.80. The summed E-state index contributed by atoms with van der Waals surface area (Å²) in [5, 5.41) is 3.31. The fraction of sp³-hybridized carbons (Fsp3) is 0.714. The number of carbonyl (C=O) groups excluding carboxylic acids is 1. The Labute approximate surface area is 115 Å². The monoisotopic (exact) mass is 267 g/mol. The van der Waals surface area contributed by atoms with Gasteiger partial charge in [-0.15, -0.1) is 0 Å². The van der Waals surface area contributed by atoms with Gasteiger partial charge in [0, 0.05) is 25.0 Å². The molecule has 1 rings (SSSR count). The van der Waals surface area contributed by atoms with Crippen LogP contribution >= 0.6 is 0 Å². The van der Waals surface area contributed by atoms with Crippen molar-refractivity contribution in [3.8, 4) is 0 Å². The molecule has 0 radical (unpaired) electrons. The van der Waals surface area contributed by atoms with Crippen molar-refractivity contribution in [3.63, 3.8) is 0 Å². The van der Waals surface area contributed by atoms with Crippen molar-refractivity contribution < 1.29 is 9.53 Å². The van der Waals surface area contributed by atoms with Crippen LogP contribution in [0.15, 0.2) is 18.7 Å². The summed E-state index contributed by atoms with van der Waals surface area (Å²) in [6.45, 7) is 6.91. The van der Waals surface area contributed by atoms with E-state index in [0.717, 1.165) is 25.8 Å². The zero-order valence-electron chi connectivity index (χ0n) is 12.3. The molecule has 108 valence electrons. The summed E-state index contributed by atoms with van der Waals surface area (Å²) >= 11 is 0. The predicted molar refractivity (Wildman–Crippen MR) is 74.8 cm³/mol. The molecule has 1 N–H and O–H groups in total. The standard InChI is InChI=1S/C14H25N3O2/c1-12(2)16-14(3,13(18)19-4)7-5-6-9-17-10-8-15-11-17/h8,10-12,16H,5-7,9H2,1-4H3. The summed E-state index contributed by atoms with van der Waals surface area (Å²) in [5.41, 5.74) is -0.599. The van der Waals surface area contributed by atoms with E-state index in [4.69, 9.17) is 4.74 Å². The van der Waals surface area contributed by atoms with Crippen molar-refractivity contribution in [1.82, 2.24) is 14.9 Å². The molecule has 0 fully saturated rings. The van der Waals surface area contributed by atoms with Crippen molar-refractivity contribution in [3.05, 3.63) is 18.7 Å².